The molecule has 0 radical (unpaired) electrons. The maximum Gasteiger partial charge on any atom is 0.255 e. The average molecular weight is 597 g/mol. The van der Waals surface area contributed by atoms with E-state index in [9.17, 15) is 19.2 Å². The van der Waals surface area contributed by atoms with E-state index in [1.807, 2.05) is 31.2 Å². The summed E-state index contributed by atoms with van der Waals surface area (Å²) in [6.45, 7) is 7.24. The molecule has 1 unspecified atom stereocenters. The van der Waals surface area contributed by atoms with Gasteiger partial charge in [-0.1, -0.05) is 19.4 Å². The molecule has 1 aliphatic heterocycles. The molecule has 2 aromatic rings. The maximum atomic E-state index is 13.0. The van der Waals surface area contributed by atoms with E-state index >= 15 is 0 Å². The lowest BCUT2D eigenvalue weighted by molar-refractivity contribution is -0.129. The second-order valence-electron chi connectivity index (χ2n) is 10.2. The summed E-state index contributed by atoms with van der Waals surface area (Å²) in [4.78, 5) is 52.5. The number of nitrogen functional groups attached to an aromatic ring is 1. The van der Waals surface area contributed by atoms with Crippen LogP contribution in [0.1, 0.15) is 35.7 Å². The van der Waals surface area contributed by atoms with Crippen molar-refractivity contribution in [1.82, 2.24) is 20.9 Å². The number of hydrogen-bond acceptors (Lipinski definition) is 10. The molecule has 1 atom stereocenters. The van der Waals surface area contributed by atoms with Crippen LogP contribution < -0.4 is 37.6 Å². The van der Waals surface area contributed by atoms with Gasteiger partial charge in [0.05, 0.1) is 19.8 Å². The summed E-state index contributed by atoms with van der Waals surface area (Å²) in [5.41, 5.74) is 15.0. The van der Waals surface area contributed by atoms with Crippen LogP contribution in [0.5, 0.6) is 0 Å². The minimum absolute atomic E-state index is 0.0747. The molecule has 1 heterocycles. The molecular weight excluding hydrogens is 552 g/mol. The number of anilines is 3. The largest absolute Gasteiger partial charge is 0.399 e. The van der Waals surface area contributed by atoms with Crippen molar-refractivity contribution in [2.24, 2.45) is 5.73 Å². The predicted octanol–water partition coefficient (Wildman–Crippen LogP) is 0.266. The minimum Gasteiger partial charge on any atom is -0.399 e. The molecule has 2 aromatic carbocycles. The van der Waals surface area contributed by atoms with Crippen molar-refractivity contribution >= 4 is 41.2 Å². The minimum atomic E-state index is -0.768. The van der Waals surface area contributed by atoms with Crippen LogP contribution in [0.3, 0.4) is 0 Å². The Morgan fingerprint density at radius 1 is 1.07 bits per heavy atom. The SMILES string of the molecule is CCCC(C(=O)NC=O)N1Cc2c(NC(=O)CNCCOCCNCCN(CCN)c3ccc(N)cc3)cccc2C1=O. The fourth-order valence-corrected chi connectivity index (χ4v) is 4.92. The quantitative estimate of drug-likeness (QED) is 0.0704. The maximum absolute atomic E-state index is 13.0. The van der Waals surface area contributed by atoms with E-state index in [0.29, 0.717) is 68.9 Å². The zero-order valence-electron chi connectivity index (χ0n) is 24.8. The molecule has 0 aliphatic carbocycles. The average Bonchev–Trinajstić information content (AvgIpc) is 3.33. The van der Waals surface area contributed by atoms with Gasteiger partial charge in [0.25, 0.3) is 5.91 Å². The Hall–Kier alpha value is -4.04. The summed E-state index contributed by atoms with van der Waals surface area (Å²) in [6.07, 6.45) is 1.40. The van der Waals surface area contributed by atoms with Crippen LogP contribution in [0.2, 0.25) is 0 Å². The zero-order chi connectivity index (χ0) is 31.0. The van der Waals surface area contributed by atoms with Gasteiger partial charge >= 0.3 is 0 Å². The molecule has 3 rings (SSSR count). The van der Waals surface area contributed by atoms with Crippen molar-refractivity contribution in [2.75, 3.05) is 75.0 Å². The van der Waals surface area contributed by atoms with Gasteiger partial charge in [-0.15, -0.1) is 0 Å². The highest BCUT2D eigenvalue weighted by Gasteiger charge is 2.37. The van der Waals surface area contributed by atoms with Gasteiger partial charge in [-0.05, 0) is 42.8 Å². The van der Waals surface area contributed by atoms with Crippen molar-refractivity contribution in [3.8, 4) is 0 Å². The summed E-state index contributed by atoms with van der Waals surface area (Å²) in [5, 5.41) is 11.4. The first kappa shape index (κ1) is 33.5. The summed E-state index contributed by atoms with van der Waals surface area (Å²) in [6, 6.07) is 12.1. The van der Waals surface area contributed by atoms with Crippen LogP contribution in [-0.2, 0) is 25.7 Å². The fourth-order valence-electron chi connectivity index (χ4n) is 4.92. The molecule has 0 saturated heterocycles. The van der Waals surface area contributed by atoms with E-state index in [1.54, 1.807) is 18.2 Å². The van der Waals surface area contributed by atoms with E-state index < -0.39 is 11.9 Å². The number of carbonyl (C=O) groups excluding carboxylic acids is 4. The van der Waals surface area contributed by atoms with E-state index in [1.165, 1.54) is 4.90 Å². The number of carbonyl (C=O) groups is 4. The number of fused-ring (bicyclic) bond motifs is 1. The Morgan fingerprint density at radius 2 is 1.81 bits per heavy atom. The normalized spacial score (nSPS) is 13.0. The van der Waals surface area contributed by atoms with Crippen molar-refractivity contribution in [1.29, 1.82) is 0 Å². The van der Waals surface area contributed by atoms with Crippen LogP contribution >= 0.6 is 0 Å². The lowest BCUT2D eigenvalue weighted by atomic mass is 10.1. The molecule has 0 bridgehead atoms. The van der Waals surface area contributed by atoms with Gasteiger partial charge in [0.2, 0.25) is 18.2 Å². The molecule has 43 heavy (non-hydrogen) atoms. The van der Waals surface area contributed by atoms with Crippen molar-refractivity contribution in [3.63, 3.8) is 0 Å². The van der Waals surface area contributed by atoms with Gasteiger partial charge in [0.15, 0.2) is 0 Å². The highest BCUT2D eigenvalue weighted by atomic mass is 16.5. The third-order valence-corrected chi connectivity index (χ3v) is 7.06. The van der Waals surface area contributed by atoms with Gasteiger partial charge in [0.1, 0.15) is 6.04 Å². The Balaban J connectivity index is 1.33. The number of rotatable bonds is 20. The lowest BCUT2D eigenvalue weighted by Crippen LogP contribution is -2.46. The van der Waals surface area contributed by atoms with Crippen LogP contribution in [0.15, 0.2) is 42.5 Å². The van der Waals surface area contributed by atoms with Gasteiger partial charge in [-0.2, -0.15) is 0 Å². The van der Waals surface area contributed by atoms with Crippen LogP contribution in [0.25, 0.3) is 0 Å². The molecule has 8 N–H and O–H groups in total. The third kappa shape index (κ3) is 10.0. The first-order chi connectivity index (χ1) is 20.9. The smallest absolute Gasteiger partial charge is 0.255 e. The molecular formula is C30H44N8O5. The number of amides is 4. The molecule has 13 nitrogen and oxygen atoms in total. The zero-order valence-corrected chi connectivity index (χ0v) is 24.8. The third-order valence-electron chi connectivity index (χ3n) is 7.06. The lowest BCUT2D eigenvalue weighted by Gasteiger charge is -2.25. The molecule has 0 aromatic heterocycles. The second-order valence-corrected chi connectivity index (χ2v) is 10.2. The number of nitrogens with two attached hydrogens (primary N) is 2. The monoisotopic (exact) mass is 596 g/mol. The number of nitrogens with zero attached hydrogens (tertiary/aromatic N) is 2. The summed E-state index contributed by atoms with van der Waals surface area (Å²) in [5.74, 6) is -1.08. The Labute approximate surface area is 252 Å². The topological polar surface area (TPSA) is 184 Å². The first-order valence-corrected chi connectivity index (χ1v) is 14.7. The van der Waals surface area contributed by atoms with Crippen LogP contribution in [0.4, 0.5) is 17.1 Å². The number of hydrogen-bond donors (Lipinski definition) is 6. The summed E-state index contributed by atoms with van der Waals surface area (Å²) in [7, 11) is 0. The van der Waals surface area contributed by atoms with Crippen molar-refractivity contribution < 1.29 is 23.9 Å². The van der Waals surface area contributed by atoms with Crippen molar-refractivity contribution in [3.05, 3.63) is 53.6 Å². The Bertz CT molecular complexity index is 1210. The van der Waals surface area contributed by atoms with Gasteiger partial charge in [0, 0.05) is 74.0 Å². The summed E-state index contributed by atoms with van der Waals surface area (Å²) < 4.78 is 5.65. The fraction of sp³-hybridized carbons (Fsp3) is 0.467. The molecule has 0 saturated carbocycles. The number of benzene rings is 2. The number of ether oxygens (including phenoxy) is 1. The first-order valence-electron chi connectivity index (χ1n) is 14.7. The molecule has 13 heteroatoms. The van der Waals surface area contributed by atoms with E-state index in [4.69, 9.17) is 16.2 Å². The van der Waals surface area contributed by atoms with Gasteiger partial charge < -0.3 is 42.0 Å². The molecule has 4 amide bonds. The number of imide groups is 1. The van der Waals surface area contributed by atoms with E-state index in [-0.39, 0.29) is 24.9 Å². The Kier molecular flexibility index (Phi) is 13.9. The van der Waals surface area contributed by atoms with Gasteiger partial charge in [-0.3, -0.25) is 24.5 Å². The van der Waals surface area contributed by atoms with Gasteiger partial charge in [-0.25, -0.2) is 0 Å². The molecule has 234 valence electrons. The molecule has 0 fully saturated rings. The van der Waals surface area contributed by atoms with Crippen LogP contribution in [-0.4, -0.2) is 94.1 Å². The highest BCUT2D eigenvalue weighted by molar-refractivity contribution is 6.04. The van der Waals surface area contributed by atoms with Crippen LogP contribution in [0, 0.1) is 0 Å². The Morgan fingerprint density at radius 3 is 2.51 bits per heavy atom. The highest BCUT2D eigenvalue weighted by Crippen LogP contribution is 2.31. The molecule has 0 spiro atoms. The summed E-state index contributed by atoms with van der Waals surface area (Å²) >= 11 is 0. The predicted molar refractivity (Wildman–Crippen MR) is 167 cm³/mol. The number of nitrogens with one attached hydrogen (secondary N) is 4. The van der Waals surface area contributed by atoms with Crippen molar-refractivity contribution in [2.45, 2.75) is 32.4 Å². The molecule has 1 aliphatic rings. The standard InChI is InChI=1S/C30H44N8O5/c1-2-4-27(29(41)35-21-39)38-20-25-24(30(38)42)5-3-6-26(25)36-28(40)19-34-14-18-43-17-13-33-12-16-37(15-11-31)23-9-7-22(32)8-10-23/h3,5-10,21,27,33-34H,2,4,11-20,31-32H2,1H3,(H,36,40)(H,35,39,41). The van der Waals surface area contributed by atoms with E-state index in [0.717, 1.165) is 31.0 Å². The second kappa shape index (κ2) is 17.8. The van der Waals surface area contributed by atoms with E-state index in [2.05, 4.69) is 26.2 Å².